The Kier molecular flexibility index (Phi) is 3.36. The molecule has 0 aliphatic carbocycles. The number of nitrogens with one attached hydrogen (secondary N) is 1. The van der Waals surface area contributed by atoms with Crippen LogP contribution in [-0.4, -0.2) is 6.54 Å². The van der Waals surface area contributed by atoms with E-state index in [4.69, 9.17) is 0 Å². The lowest BCUT2D eigenvalue weighted by Crippen LogP contribution is -2.33. The van der Waals surface area contributed by atoms with E-state index in [-0.39, 0.29) is 11.6 Å². The minimum absolute atomic E-state index is 0.119. The van der Waals surface area contributed by atoms with Crippen molar-refractivity contribution in [2.24, 2.45) is 5.92 Å². The fourth-order valence-electron chi connectivity index (χ4n) is 2.21. The highest BCUT2D eigenvalue weighted by molar-refractivity contribution is 7.08. The van der Waals surface area contributed by atoms with Crippen molar-refractivity contribution in [2.45, 2.75) is 32.2 Å². The predicted molar refractivity (Wildman–Crippen MR) is 58.4 cm³/mol. The SMILES string of the molecule is CC1CCCNC1c1cscc1C(F)F. The van der Waals surface area contributed by atoms with Gasteiger partial charge in [-0.25, -0.2) is 8.78 Å². The quantitative estimate of drug-likeness (QED) is 0.817. The minimum atomic E-state index is -2.35. The van der Waals surface area contributed by atoms with Gasteiger partial charge < -0.3 is 5.32 Å². The highest BCUT2D eigenvalue weighted by Gasteiger charge is 2.27. The molecule has 4 heteroatoms. The smallest absolute Gasteiger partial charge is 0.264 e. The normalized spacial score (nSPS) is 27.2. The maximum absolute atomic E-state index is 12.7. The van der Waals surface area contributed by atoms with Crippen LogP contribution in [-0.2, 0) is 0 Å². The molecule has 1 aromatic rings. The lowest BCUT2D eigenvalue weighted by Gasteiger charge is -2.30. The number of thiophene rings is 1. The Labute approximate surface area is 92.5 Å². The van der Waals surface area contributed by atoms with Crippen molar-refractivity contribution in [3.05, 3.63) is 21.9 Å². The van der Waals surface area contributed by atoms with E-state index >= 15 is 0 Å². The topological polar surface area (TPSA) is 12.0 Å². The number of piperidine rings is 1. The van der Waals surface area contributed by atoms with Gasteiger partial charge in [0.05, 0.1) is 0 Å². The van der Waals surface area contributed by atoms with Crippen molar-refractivity contribution in [3.8, 4) is 0 Å². The first-order chi connectivity index (χ1) is 7.20. The average molecular weight is 231 g/mol. The van der Waals surface area contributed by atoms with Crippen LogP contribution in [0.1, 0.15) is 43.4 Å². The summed E-state index contributed by atoms with van der Waals surface area (Å²) in [6, 6.07) is 0.119. The molecule has 1 fully saturated rings. The Balaban J connectivity index is 2.23. The minimum Gasteiger partial charge on any atom is -0.310 e. The van der Waals surface area contributed by atoms with E-state index in [1.165, 1.54) is 11.3 Å². The lowest BCUT2D eigenvalue weighted by atomic mass is 9.87. The third-order valence-corrected chi connectivity index (χ3v) is 3.84. The Bertz CT molecular complexity index is 324. The summed E-state index contributed by atoms with van der Waals surface area (Å²) in [7, 11) is 0. The van der Waals surface area contributed by atoms with Crippen molar-refractivity contribution in [1.29, 1.82) is 0 Å². The van der Waals surface area contributed by atoms with E-state index in [1.54, 1.807) is 5.38 Å². The Morgan fingerprint density at radius 3 is 2.93 bits per heavy atom. The van der Waals surface area contributed by atoms with Crippen LogP contribution in [0, 0.1) is 5.92 Å². The Hall–Kier alpha value is -0.480. The molecule has 15 heavy (non-hydrogen) atoms. The van der Waals surface area contributed by atoms with Crippen molar-refractivity contribution >= 4 is 11.3 Å². The van der Waals surface area contributed by atoms with Gasteiger partial charge in [-0.3, -0.25) is 0 Å². The molecule has 0 amide bonds. The second kappa shape index (κ2) is 4.58. The molecule has 1 aromatic heterocycles. The zero-order chi connectivity index (χ0) is 10.8. The van der Waals surface area contributed by atoms with Crippen LogP contribution in [0.3, 0.4) is 0 Å². The summed E-state index contributed by atoms with van der Waals surface area (Å²) in [5.74, 6) is 0.450. The molecule has 2 heterocycles. The summed E-state index contributed by atoms with van der Waals surface area (Å²) < 4.78 is 25.4. The average Bonchev–Trinajstić information content (AvgIpc) is 2.67. The number of halogens is 2. The van der Waals surface area contributed by atoms with E-state index in [9.17, 15) is 8.78 Å². The van der Waals surface area contributed by atoms with E-state index in [1.807, 2.05) is 5.38 Å². The molecule has 2 atom stereocenters. The Morgan fingerprint density at radius 1 is 1.47 bits per heavy atom. The van der Waals surface area contributed by atoms with Crippen LogP contribution in [0.2, 0.25) is 0 Å². The van der Waals surface area contributed by atoms with Gasteiger partial charge in [0.2, 0.25) is 0 Å². The summed E-state index contributed by atoms with van der Waals surface area (Å²) in [5, 5.41) is 6.77. The fourth-order valence-corrected chi connectivity index (χ4v) is 3.10. The molecule has 0 bridgehead atoms. The monoisotopic (exact) mass is 231 g/mol. The van der Waals surface area contributed by atoms with Gasteiger partial charge in [-0.1, -0.05) is 6.92 Å². The molecular weight excluding hydrogens is 216 g/mol. The van der Waals surface area contributed by atoms with Gasteiger partial charge in [0.25, 0.3) is 6.43 Å². The number of rotatable bonds is 2. The van der Waals surface area contributed by atoms with Crippen molar-refractivity contribution < 1.29 is 8.78 Å². The van der Waals surface area contributed by atoms with Crippen molar-refractivity contribution in [1.82, 2.24) is 5.32 Å². The maximum Gasteiger partial charge on any atom is 0.264 e. The van der Waals surface area contributed by atoms with E-state index < -0.39 is 6.43 Å². The summed E-state index contributed by atoms with van der Waals surface area (Å²) >= 11 is 1.37. The van der Waals surface area contributed by atoms with Crippen LogP contribution in [0.5, 0.6) is 0 Å². The van der Waals surface area contributed by atoms with Crippen LogP contribution in [0.4, 0.5) is 8.78 Å². The molecule has 1 aliphatic heterocycles. The first-order valence-electron chi connectivity index (χ1n) is 5.27. The second-order valence-electron chi connectivity index (χ2n) is 4.13. The zero-order valence-corrected chi connectivity index (χ0v) is 9.49. The van der Waals surface area contributed by atoms with Gasteiger partial charge in [-0.15, -0.1) is 0 Å². The molecule has 0 saturated carbocycles. The van der Waals surface area contributed by atoms with Crippen LogP contribution in [0.25, 0.3) is 0 Å². The number of hydrogen-bond donors (Lipinski definition) is 1. The standard InChI is InChI=1S/C11H15F2NS/c1-7-3-2-4-14-10(7)8-5-15-6-9(8)11(12)13/h5-7,10-11,14H,2-4H2,1H3. The zero-order valence-electron chi connectivity index (χ0n) is 8.67. The van der Waals surface area contributed by atoms with Gasteiger partial charge >= 0.3 is 0 Å². The lowest BCUT2D eigenvalue weighted by molar-refractivity contribution is 0.148. The third-order valence-electron chi connectivity index (χ3n) is 3.06. The van der Waals surface area contributed by atoms with Gasteiger partial charge in [0.15, 0.2) is 0 Å². The van der Waals surface area contributed by atoms with Crippen molar-refractivity contribution in [3.63, 3.8) is 0 Å². The molecule has 0 spiro atoms. The first-order valence-corrected chi connectivity index (χ1v) is 6.22. The molecule has 84 valence electrons. The predicted octanol–water partition coefficient (Wildman–Crippen LogP) is 3.75. The molecule has 2 unspecified atom stereocenters. The largest absolute Gasteiger partial charge is 0.310 e. The molecule has 2 rings (SSSR count). The number of alkyl halides is 2. The van der Waals surface area contributed by atoms with Crippen molar-refractivity contribution in [2.75, 3.05) is 6.54 Å². The molecule has 1 saturated heterocycles. The van der Waals surface area contributed by atoms with E-state index in [0.717, 1.165) is 24.9 Å². The Morgan fingerprint density at radius 2 is 2.27 bits per heavy atom. The van der Waals surface area contributed by atoms with E-state index in [0.29, 0.717) is 5.92 Å². The molecule has 0 radical (unpaired) electrons. The summed E-state index contributed by atoms with van der Waals surface area (Å²) in [6.45, 7) is 3.07. The highest BCUT2D eigenvalue weighted by atomic mass is 32.1. The molecule has 1 nitrogen and oxygen atoms in total. The molecular formula is C11H15F2NS. The van der Waals surface area contributed by atoms with Crippen LogP contribution >= 0.6 is 11.3 Å². The van der Waals surface area contributed by atoms with Crippen LogP contribution in [0.15, 0.2) is 10.8 Å². The summed E-state index contributed by atoms with van der Waals surface area (Å²) in [4.78, 5) is 0. The van der Waals surface area contributed by atoms with Gasteiger partial charge in [-0.05, 0) is 41.6 Å². The van der Waals surface area contributed by atoms with E-state index in [2.05, 4.69) is 12.2 Å². The van der Waals surface area contributed by atoms with Gasteiger partial charge in [0.1, 0.15) is 0 Å². The first kappa shape index (κ1) is 11.0. The summed E-state index contributed by atoms with van der Waals surface area (Å²) in [5.41, 5.74) is 1.02. The number of hydrogen-bond acceptors (Lipinski definition) is 2. The second-order valence-corrected chi connectivity index (χ2v) is 4.88. The summed E-state index contributed by atoms with van der Waals surface area (Å²) in [6.07, 6.45) is -0.0793. The molecule has 1 N–H and O–H groups in total. The van der Waals surface area contributed by atoms with Gasteiger partial charge in [-0.2, -0.15) is 11.3 Å². The molecule has 0 aromatic carbocycles. The molecule has 1 aliphatic rings. The van der Waals surface area contributed by atoms with Crippen LogP contribution < -0.4 is 5.32 Å². The van der Waals surface area contributed by atoms with Gasteiger partial charge in [0, 0.05) is 11.6 Å². The third kappa shape index (κ3) is 2.21. The fraction of sp³-hybridized carbons (Fsp3) is 0.636. The maximum atomic E-state index is 12.7. The highest BCUT2D eigenvalue weighted by Crippen LogP contribution is 2.36.